The van der Waals surface area contributed by atoms with Crippen LogP contribution in [0.25, 0.3) is 6.08 Å². The molecule has 10 nitrogen and oxygen atoms in total. The first-order valence-corrected chi connectivity index (χ1v) is 12.2. The summed E-state index contributed by atoms with van der Waals surface area (Å²) in [6.45, 7) is 1.79. The molecule has 1 saturated heterocycles. The molecular weight excluding hydrogens is 510 g/mol. The average molecular weight is 534 g/mol. The number of carbonyl (C=O) groups is 3. The van der Waals surface area contributed by atoms with E-state index in [1.165, 1.54) is 36.3 Å². The van der Waals surface area contributed by atoms with Crippen molar-refractivity contribution in [3.05, 3.63) is 98.4 Å². The first-order valence-electron chi connectivity index (χ1n) is 11.4. The highest BCUT2D eigenvalue weighted by molar-refractivity contribution is 8.18. The summed E-state index contributed by atoms with van der Waals surface area (Å²) in [7, 11) is 1.44. The normalized spacial score (nSPS) is 14.1. The van der Waals surface area contributed by atoms with E-state index in [0.717, 1.165) is 22.9 Å². The number of ether oxygens (including phenoxy) is 2. The molecule has 0 aromatic heterocycles. The second kappa shape index (κ2) is 11.6. The monoisotopic (exact) mass is 533 g/mol. The van der Waals surface area contributed by atoms with Gasteiger partial charge in [0.15, 0.2) is 18.1 Å². The zero-order valence-electron chi connectivity index (χ0n) is 20.5. The highest BCUT2D eigenvalue weighted by Gasteiger charge is 2.35. The van der Waals surface area contributed by atoms with Gasteiger partial charge in [0.05, 0.1) is 23.5 Å². The van der Waals surface area contributed by atoms with E-state index in [1.54, 1.807) is 24.3 Å². The SMILES string of the molecule is COc1cc(/C=C2\SC(=O)N(Cc3ccc(C)cc3)C2=O)ccc1OCC(=O)Nc1cccc([N+](=O)[O-])c1. The number of anilines is 1. The Balaban J connectivity index is 1.40. The summed E-state index contributed by atoms with van der Waals surface area (Å²) in [5.74, 6) is -0.288. The summed E-state index contributed by atoms with van der Waals surface area (Å²) in [5, 5.41) is 13.1. The number of hydrogen-bond acceptors (Lipinski definition) is 8. The van der Waals surface area contributed by atoms with Crippen molar-refractivity contribution in [2.75, 3.05) is 19.0 Å². The largest absolute Gasteiger partial charge is 0.493 e. The van der Waals surface area contributed by atoms with Crippen LogP contribution in [0, 0.1) is 17.0 Å². The van der Waals surface area contributed by atoms with Crippen molar-refractivity contribution in [3.63, 3.8) is 0 Å². The zero-order valence-corrected chi connectivity index (χ0v) is 21.3. The van der Waals surface area contributed by atoms with Crippen LogP contribution >= 0.6 is 11.8 Å². The highest BCUT2D eigenvalue weighted by atomic mass is 32.2. The molecule has 1 heterocycles. The van der Waals surface area contributed by atoms with Crippen LogP contribution in [0.5, 0.6) is 11.5 Å². The van der Waals surface area contributed by atoms with E-state index < -0.39 is 10.8 Å². The van der Waals surface area contributed by atoms with Gasteiger partial charge in [0.1, 0.15) is 0 Å². The fourth-order valence-electron chi connectivity index (χ4n) is 3.59. The van der Waals surface area contributed by atoms with Crippen molar-refractivity contribution < 1.29 is 28.8 Å². The highest BCUT2D eigenvalue weighted by Crippen LogP contribution is 2.35. The molecular formula is C27H23N3O7S. The smallest absolute Gasteiger partial charge is 0.293 e. The number of carbonyl (C=O) groups excluding carboxylic acids is 3. The molecule has 0 bridgehead atoms. The number of nitrogens with zero attached hydrogens (tertiary/aromatic N) is 2. The first-order chi connectivity index (χ1) is 18.2. The first kappa shape index (κ1) is 26.4. The minimum atomic E-state index is -0.553. The molecule has 0 saturated carbocycles. The minimum Gasteiger partial charge on any atom is -0.493 e. The van der Waals surface area contributed by atoms with Crippen LogP contribution in [-0.2, 0) is 16.1 Å². The van der Waals surface area contributed by atoms with Gasteiger partial charge >= 0.3 is 0 Å². The third-order valence-electron chi connectivity index (χ3n) is 5.52. The van der Waals surface area contributed by atoms with Gasteiger partial charge in [-0.2, -0.15) is 0 Å². The van der Waals surface area contributed by atoms with Crippen LogP contribution < -0.4 is 14.8 Å². The summed E-state index contributed by atoms with van der Waals surface area (Å²) < 4.78 is 10.9. The summed E-state index contributed by atoms with van der Waals surface area (Å²) in [6, 6.07) is 18.1. The van der Waals surface area contributed by atoms with Gasteiger partial charge in [-0.15, -0.1) is 0 Å². The van der Waals surface area contributed by atoms with Crippen LogP contribution in [-0.4, -0.2) is 40.6 Å². The zero-order chi connectivity index (χ0) is 27.2. The molecule has 1 N–H and O–H groups in total. The fraction of sp³-hybridized carbons (Fsp3) is 0.148. The number of thioether (sulfide) groups is 1. The van der Waals surface area contributed by atoms with Crippen LogP contribution in [0.1, 0.15) is 16.7 Å². The Morgan fingerprint density at radius 3 is 2.55 bits per heavy atom. The molecule has 0 unspecified atom stereocenters. The molecule has 38 heavy (non-hydrogen) atoms. The lowest BCUT2D eigenvalue weighted by Gasteiger charge is -2.13. The second-order valence-electron chi connectivity index (χ2n) is 8.31. The number of non-ortho nitro benzene ring substituents is 1. The maximum atomic E-state index is 12.9. The van der Waals surface area contributed by atoms with E-state index in [1.807, 2.05) is 31.2 Å². The van der Waals surface area contributed by atoms with Gasteiger partial charge in [-0.05, 0) is 54.1 Å². The molecule has 1 aliphatic rings. The lowest BCUT2D eigenvalue weighted by atomic mass is 10.1. The number of methoxy groups -OCH3 is 1. The third kappa shape index (κ3) is 6.37. The molecule has 0 aliphatic carbocycles. The van der Waals surface area contributed by atoms with Crippen molar-refractivity contribution in [3.8, 4) is 11.5 Å². The fourth-order valence-corrected chi connectivity index (χ4v) is 4.43. The number of rotatable bonds is 9. The van der Waals surface area contributed by atoms with Gasteiger partial charge in [0, 0.05) is 17.8 Å². The Bertz CT molecular complexity index is 1440. The van der Waals surface area contributed by atoms with Crippen LogP contribution in [0.4, 0.5) is 16.2 Å². The maximum Gasteiger partial charge on any atom is 0.293 e. The number of benzene rings is 3. The van der Waals surface area contributed by atoms with Crippen molar-refractivity contribution >= 4 is 46.3 Å². The lowest BCUT2D eigenvalue weighted by molar-refractivity contribution is -0.384. The summed E-state index contributed by atoms with van der Waals surface area (Å²) in [5.41, 5.74) is 2.68. The second-order valence-corrected chi connectivity index (χ2v) is 9.30. The predicted octanol–water partition coefficient (Wildman–Crippen LogP) is 5.17. The van der Waals surface area contributed by atoms with Crippen molar-refractivity contribution in [1.82, 2.24) is 4.90 Å². The topological polar surface area (TPSA) is 128 Å². The number of imide groups is 1. The third-order valence-corrected chi connectivity index (χ3v) is 6.43. The molecule has 1 fully saturated rings. The van der Waals surface area contributed by atoms with E-state index in [0.29, 0.717) is 11.3 Å². The molecule has 3 amide bonds. The number of aryl methyl sites for hydroxylation is 1. The Kier molecular flexibility index (Phi) is 8.07. The van der Waals surface area contributed by atoms with Gasteiger partial charge in [-0.1, -0.05) is 42.0 Å². The molecule has 3 aromatic rings. The predicted molar refractivity (Wildman–Crippen MR) is 143 cm³/mol. The van der Waals surface area contributed by atoms with Crippen LogP contribution in [0.3, 0.4) is 0 Å². The van der Waals surface area contributed by atoms with Crippen LogP contribution in [0.2, 0.25) is 0 Å². The van der Waals surface area contributed by atoms with E-state index >= 15 is 0 Å². The maximum absolute atomic E-state index is 12.9. The van der Waals surface area contributed by atoms with Gasteiger partial charge in [-0.25, -0.2) is 0 Å². The van der Waals surface area contributed by atoms with E-state index in [9.17, 15) is 24.5 Å². The molecule has 0 radical (unpaired) electrons. The van der Waals surface area contributed by atoms with Gasteiger partial charge in [-0.3, -0.25) is 29.4 Å². The number of nitro groups is 1. The Morgan fingerprint density at radius 1 is 1.08 bits per heavy atom. The minimum absolute atomic E-state index is 0.144. The van der Waals surface area contributed by atoms with Crippen LogP contribution in [0.15, 0.2) is 71.6 Å². The average Bonchev–Trinajstić information content (AvgIpc) is 3.16. The van der Waals surface area contributed by atoms with Crippen molar-refractivity contribution in [2.24, 2.45) is 0 Å². The Morgan fingerprint density at radius 2 is 1.84 bits per heavy atom. The molecule has 11 heteroatoms. The standard InChI is InChI=1S/C27H23N3O7S/c1-17-6-8-18(9-7-17)15-29-26(32)24(38-27(29)33)13-19-10-11-22(23(12-19)36-2)37-16-25(31)28-20-4-3-5-21(14-20)30(34)35/h3-14H,15-16H2,1-2H3,(H,28,31)/b24-13-. The molecule has 194 valence electrons. The Labute approximate surface area is 222 Å². The number of hydrogen-bond donors (Lipinski definition) is 1. The molecule has 0 atom stereocenters. The van der Waals surface area contributed by atoms with E-state index in [4.69, 9.17) is 9.47 Å². The summed E-state index contributed by atoms with van der Waals surface area (Å²) >= 11 is 0.866. The van der Waals surface area contributed by atoms with Gasteiger partial charge in [0.25, 0.3) is 22.7 Å². The quantitative estimate of drug-likeness (QED) is 0.227. The van der Waals surface area contributed by atoms with Gasteiger partial charge in [0.2, 0.25) is 0 Å². The number of amides is 3. The number of nitro benzene ring substituents is 1. The molecule has 1 aliphatic heterocycles. The molecule has 4 rings (SSSR count). The van der Waals surface area contributed by atoms with Crippen molar-refractivity contribution in [2.45, 2.75) is 13.5 Å². The molecule has 3 aromatic carbocycles. The Hall–Kier alpha value is -4.64. The summed E-state index contributed by atoms with van der Waals surface area (Å²) in [4.78, 5) is 49.5. The number of nitrogens with one attached hydrogen (secondary N) is 1. The van der Waals surface area contributed by atoms with E-state index in [2.05, 4.69) is 5.32 Å². The lowest BCUT2D eigenvalue weighted by Crippen LogP contribution is -2.27. The summed E-state index contributed by atoms with van der Waals surface area (Å²) in [6.07, 6.45) is 1.60. The van der Waals surface area contributed by atoms with E-state index in [-0.39, 0.29) is 46.3 Å². The van der Waals surface area contributed by atoms with Gasteiger partial charge < -0.3 is 14.8 Å². The molecule has 0 spiro atoms. The van der Waals surface area contributed by atoms with Crippen molar-refractivity contribution in [1.29, 1.82) is 0 Å².